The first-order valence-electron chi connectivity index (χ1n) is 9.14. The summed E-state index contributed by atoms with van der Waals surface area (Å²) in [4.78, 5) is 13.2. The van der Waals surface area contributed by atoms with Gasteiger partial charge >= 0.3 is 0 Å². The molecule has 3 rings (SSSR count). The van der Waals surface area contributed by atoms with Crippen LogP contribution in [0.1, 0.15) is 41.7 Å². The smallest absolute Gasteiger partial charge is 0.293 e. The fourth-order valence-corrected chi connectivity index (χ4v) is 4.85. The summed E-state index contributed by atoms with van der Waals surface area (Å²) >= 11 is 0. The van der Waals surface area contributed by atoms with Gasteiger partial charge < -0.3 is 9.64 Å². The number of ether oxygens (including phenoxy) is 1. The quantitative estimate of drug-likeness (QED) is 0.484. The molecular weight excluding hydrogens is 378 g/mol. The second-order valence-electron chi connectivity index (χ2n) is 7.17. The van der Waals surface area contributed by atoms with Crippen molar-refractivity contribution in [2.24, 2.45) is 0 Å². The van der Waals surface area contributed by atoms with Crippen LogP contribution in [0, 0.1) is 0 Å². The Balaban J connectivity index is 2.06. The number of sulfone groups is 1. The third kappa shape index (κ3) is 4.11. The summed E-state index contributed by atoms with van der Waals surface area (Å²) in [6, 6.07) is 5.05. The standard InChI is InChI=1S/C20H25N3O4S/c1-4-10-28(25,26)18-7-5-6-16(20(18)23(2)3)17(27-13-24)11-15-12-21-22-19(15)14-8-9-14/h4-7,12-14,17H,1,8-11H2,2-3H3,(H,21,22). The van der Waals surface area contributed by atoms with Gasteiger partial charge in [-0.05, 0) is 24.5 Å². The highest BCUT2D eigenvalue weighted by Gasteiger charge is 2.31. The Morgan fingerprint density at radius 3 is 2.75 bits per heavy atom. The molecule has 1 heterocycles. The first-order chi connectivity index (χ1) is 13.4. The van der Waals surface area contributed by atoms with E-state index in [0.717, 1.165) is 24.1 Å². The number of anilines is 1. The Morgan fingerprint density at radius 1 is 1.39 bits per heavy atom. The van der Waals surface area contributed by atoms with Gasteiger partial charge in [-0.1, -0.05) is 18.2 Å². The summed E-state index contributed by atoms with van der Waals surface area (Å²) in [5, 5.41) is 7.19. The van der Waals surface area contributed by atoms with Crippen molar-refractivity contribution >= 4 is 22.0 Å². The van der Waals surface area contributed by atoms with E-state index in [0.29, 0.717) is 30.1 Å². The number of aromatic amines is 1. The highest BCUT2D eigenvalue weighted by atomic mass is 32.2. The molecule has 1 aliphatic carbocycles. The maximum absolute atomic E-state index is 12.7. The Hall–Kier alpha value is -2.61. The number of hydrogen-bond acceptors (Lipinski definition) is 6. The van der Waals surface area contributed by atoms with Gasteiger partial charge in [0.05, 0.1) is 22.5 Å². The minimum atomic E-state index is -3.55. The van der Waals surface area contributed by atoms with Gasteiger partial charge in [0.1, 0.15) is 6.10 Å². The number of benzene rings is 1. The predicted molar refractivity (Wildman–Crippen MR) is 107 cm³/mol. The lowest BCUT2D eigenvalue weighted by molar-refractivity contribution is -0.133. The first-order valence-corrected chi connectivity index (χ1v) is 10.8. The lowest BCUT2D eigenvalue weighted by Gasteiger charge is -2.25. The number of rotatable bonds is 10. The van der Waals surface area contributed by atoms with Crippen molar-refractivity contribution < 1.29 is 17.9 Å². The molecule has 0 bridgehead atoms. The number of hydrogen-bond donors (Lipinski definition) is 1. The van der Waals surface area contributed by atoms with Crippen LogP contribution in [0.15, 0.2) is 41.9 Å². The largest absolute Gasteiger partial charge is 0.459 e. The lowest BCUT2D eigenvalue weighted by Crippen LogP contribution is -2.20. The van der Waals surface area contributed by atoms with Gasteiger partial charge in [-0.3, -0.25) is 9.89 Å². The molecule has 7 nitrogen and oxygen atoms in total. The molecule has 1 fully saturated rings. The van der Waals surface area contributed by atoms with E-state index in [4.69, 9.17) is 4.74 Å². The van der Waals surface area contributed by atoms with Crippen LogP contribution < -0.4 is 4.90 Å². The molecule has 1 aromatic carbocycles. The van der Waals surface area contributed by atoms with Crippen molar-refractivity contribution in [1.82, 2.24) is 10.2 Å². The molecule has 0 radical (unpaired) electrons. The van der Waals surface area contributed by atoms with E-state index < -0.39 is 15.9 Å². The van der Waals surface area contributed by atoms with Gasteiger partial charge in [0, 0.05) is 37.7 Å². The molecule has 0 spiro atoms. The minimum Gasteiger partial charge on any atom is -0.459 e. The summed E-state index contributed by atoms with van der Waals surface area (Å²) in [6.07, 6.45) is 5.16. The number of nitrogens with zero attached hydrogens (tertiary/aromatic N) is 2. The summed E-state index contributed by atoms with van der Waals surface area (Å²) in [5.41, 5.74) is 3.22. The van der Waals surface area contributed by atoms with Crippen molar-refractivity contribution in [3.63, 3.8) is 0 Å². The average molecular weight is 404 g/mol. The molecule has 2 aromatic rings. The van der Waals surface area contributed by atoms with E-state index in [2.05, 4.69) is 16.8 Å². The van der Waals surface area contributed by atoms with Crippen LogP contribution in [0.25, 0.3) is 0 Å². The highest BCUT2D eigenvalue weighted by Crippen LogP contribution is 2.42. The maximum atomic E-state index is 12.7. The van der Waals surface area contributed by atoms with E-state index in [1.807, 2.05) is 0 Å². The molecule has 1 aromatic heterocycles. The molecule has 1 unspecified atom stereocenters. The number of nitrogens with one attached hydrogen (secondary N) is 1. The molecule has 1 aliphatic rings. The van der Waals surface area contributed by atoms with Crippen LogP contribution in [0.3, 0.4) is 0 Å². The van der Waals surface area contributed by atoms with Crippen LogP contribution in [0.4, 0.5) is 5.69 Å². The van der Waals surface area contributed by atoms with Crippen molar-refractivity contribution in [2.45, 2.75) is 36.2 Å². The topological polar surface area (TPSA) is 92.4 Å². The van der Waals surface area contributed by atoms with E-state index >= 15 is 0 Å². The van der Waals surface area contributed by atoms with E-state index in [-0.39, 0.29) is 10.6 Å². The maximum Gasteiger partial charge on any atom is 0.293 e. The fraction of sp³-hybridized carbons (Fsp3) is 0.400. The number of aromatic nitrogens is 2. The van der Waals surface area contributed by atoms with Gasteiger partial charge in [-0.25, -0.2) is 8.42 Å². The Labute approximate surface area is 165 Å². The predicted octanol–water partition coefficient (Wildman–Crippen LogP) is 2.77. The SMILES string of the molecule is C=CCS(=O)(=O)c1cccc(C(Cc2cn[nH]c2C2CC2)OC=O)c1N(C)C. The fourth-order valence-electron chi connectivity index (χ4n) is 3.48. The number of carbonyl (C=O) groups excluding carboxylic acids is 1. The zero-order chi connectivity index (χ0) is 20.3. The molecular formula is C20H25N3O4S. The van der Waals surface area contributed by atoms with Crippen molar-refractivity contribution in [1.29, 1.82) is 0 Å². The Morgan fingerprint density at radius 2 is 2.14 bits per heavy atom. The Kier molecular flexibility index (Phi) is 5.88. The molecule has 0 saturated heterocycles. The zero-order valence-corrected chi connectivity index (χ0v) is 16.9. The monoisotopic (exact) mass is 403 g/mol. The van der Waals surface area contributed by atoms with E-state index in [1.165, 1.54) is 6.08 Å². The van der Waals surface area contributed by atoms with Crippen LogP contribution in [0.5, 0.6) is 0 Å². The number of H-pyrrole nitrogens is 1. The van der Waals surface area contributed by atoms with Gasteiger partial charge in [0.25, 0.3) is 6.47 Å². The summed E-state index contributed by atoms with van der Waals surface area (Å²) < 4.78 is 30.9. The van der Waals surface area contributed by atoms with E-state index in [1.54, 1.807) is 43.4 Å². The van der Waals surface area contributed by atoms with Gasteiger partial charge in [0.15, 0.2) is 9.84 Å². The molecule has 1 N–H and O–H groups in total. The van der Waals surface area contributed by atoms with Crippen molar-refractivity contribution in [2.75, 3.05) is 24.7 Å². The summed E-state index contributed by atoms with van der Waals surface area (Å²) in [7, 11) is -0.00271. The van der Waals surface area contributed by atoms with Gasteiger partial charge in [-0.2, -0.15) is 5.10 Å². The molecule has 28 heavy (non-hydrogen) atoms. The normalized spacial score (nSPS) is 15.1. The second-order valence-corrected chi connectivity index (χ2v) is 9.17. The molecule has 0 aliphatic heterocycles. The summed E-state index contributed by atoms with van der Waals surface area (Å²) in [5.74, 6) is 0.311. The summed E-state index contributed by atoms with van der Waals surface area (Å²) in [6.45, 7) is 3.95. The molecule has 150 valence electrons. The first kappa shape index (κ1) is 20.1. The highest BCUT2D eigenvalue weighted by molar-refractivity contribution is 7.91. The third-order valence-corrected chi connectivity index (χ3v) is 6.53. The second kappa shape index (κ2) is 8.18. The molecule has 0 amide bonds. The molecule has 1 atom stereocenters. The average Bonchev–Trinajstić information content (AvgIpc) is 3.39. The van der Waals surface area contributed by atoms with Gasteiger partial charge in [-0.15, -0.1) is 6.58 Å². The van der Waals surface area contributed by atoms with Crippen molar-refractivity contribution in [3.8, 4) is 0 Å². The minimum absolute atomic E-state index is 0.163. The van der Waals surface area contributed by atoms with Crippen molar-refractivity contribution in [3.05, 3.63) is 53.9 Å². The number of para-hydroxylation sites is 1. The molecule has 8 heteroatoms. The van der Waals surface area contributed by atoms with Crippen LogP contribution in [0.2, 0.25) is 0 Å². The number of carbonyl (C=O) groups is 1. The van der Waals surface area contributed by atoms with Crippen LogP contribution in [-0.4, -0.2) is 44.9 Å². The Bertz CT molecular complexity index is 962. The van der Waals surface area contributed by atoms with Gasteiger partial charge in [0.2, 0.25) is 0 Å². The van der Waals surface area contributed by atoms with Crippen LogP contribution in [-0.2, 0) is 25.8 Å². The molecule has 1 saturated carbocycles. The third-order valence-electron chi connectivity index (χ3n) is 4.86. The van der Waals surface area contributed by atoms with Crippen LogP contribution >= 0.6 is 0 Å². The van der Waals surface area contributed by atoms with E-state index in [9.17, 15) is 13.2 Å². The zero-order valence-electron chi connectivity index (χ0n) is 16.1. The lowest BCUT2D eigenvalue weighted by atomic mass is 9.98.